The summed E-state index contributed by atoms with van der Waals surface area (Å²) in [5, 5.41) is 0. The van der Waals surface area contributed by atoms with Crippen LogP contribution in [0, 0.1) is 11.8 Å². The Balaban J connectivity index is 2.21. The number of nitrogens with zero attached hydrogens (tertiary/aromatic N) is 1. The van der Waals surface area contributed by atoms with Gasteiger partial charge in [-0.2, -0.15) is 12.6 Å². The number of para-hydroxylation sites is 1. The van der Waals surface area contributed by atoms with E-state index in [0.29, 0.717) is 17.9 Å². The Hall–Kier alpha value is -0.630. The van der Waals surface area contributed by atoms with Crippen molar-refractivity contribution in [3.8, 4) is 0 Å². The van der Waals surface area contributed by atoms with Crippen LogP contribution in [0.4, 0.5) is 5.69 Å². The monoisotopic (exact) mass is 263 g/mol. The minimum atomic E-state index is 0.654. The molecule has 0 radical (unpaired) electrons. The van der Waals surface area contributed by atoms with Crippen molar-refractivity contribution in [1.29, 1.82) is 0 Å². The molecule has 2 unspecified atom stereocenters. The van der Waals surface area contributed by atoms with E-state index in [4.69, 9.17) is 0 Å². The van der Waals surface area contributed by atoms with E-state index in [-0.39, 0.29) is 0 Å². The summed E-state index contributed by atoms with van der Waals surface area (Å²) in [4.78, 5) is 2.60. The summed E-state index contributed by atoms with van der Waals surface area (Å²) in [5.41, 5.74) is 2.96. The molecule has 0 N–H and O–H groups in total. The average molecular weight is 263 g/mol. The van der Waals surface area contributed by atoms with E-state index in [1.54, 1.807) is 0 Å². The molecular formula is C16H25NS. The van der Waals surface area contributed by atoms with Gasteiger partial charge in [0.2, 0.25) is 0 Å². The topological polar surface area (TPSA) is 3.24 Å². The molecule has 0 bridgehead atoms. The normalized spacial score (nSPS) is 20.9. The van der Waals surface area contributed by atoms with Crippen LogP contribution >= 0.6 is 12.6 Å². The molecular weight excluding hydrogens is 238 g/mol. The zero-order valence-electron chi connectivity index (χ0n) is 11.8. The predicted octanol–water partition coefficient (Wildman–Crippen LogP) is 4.03. The summed E-state index contributed by atoms with van der Waals surface area (Å²) in [6.07, 6.45) is 2.50. The van der Waals surface area contributed by atoms with Crippen LogP contribution in [0.5, 0.6) is 0 Å². The molecule has 0 spiro atoms. The molecule has 2 atom stereocenters. The smallest absolute Gasteiger partial charge is 0.0401 e. The molecule has 0 saturated carbocycles. The average Bonchev–Trinajstić information content (AvgIpc) is 2.37. The van der Waals surface area contributed by atoms with E-state index >= 15 is 0 Å². The number of hydrogen-bond donors (Lipinski definition) is 1. The molecule has 1 nitrogen and oxygen atoms in total. The molecule has 1 aliphatic heterocycles. The molecule has 1 aliphatic rings. The predicted molar refractivity (Wildman–Crippen MR) is 83.8 cm³/mol. The maximum Gasteiger partial charge on any atom is 0.0401 e. The Morgan fingerprint density at radius 2 is 2.06 bits per heavy atom. The standard InChI is InChI=1S/C16H25NS/c1-12(2)15(11-18)10-17-13(3)8-9-14-6-4-5-7-16(14)17/h4-7,12-13,15,18H,8-11H2,1-3H3. The number of hydrogen-bond acceptors (Lipinski definition) is 2. The Morgan fingerprint density at radius 3 is 2.72 bits per heavy atom. The fourth-order valence-corrected chi connectivity index (χ4v) is 3.31. The van der Waals surface area contributed by atoms with Gasteiger partial charge >= 0.3 is 0 Å². The van der Waals surface area contributed by atoms with Crippen LogP contribution in [-0.4, -0.2) is 18.3 Å². The Kier molecular flexibility index (Phi) is 4.60. The van der Waals surface area contributed by atoms with Crippen molar-refractivity contribution in [3.63, 3.8) is 0 Å². The summed E-state index contributed by atoms with van der Waals surface area (Å²) >= 11 is 4.53. The molecule has 0 aromatic heterocycles. The van der Waals surface area contributed by atoms with Crippen molar-refractivity contribution >= 4 is 18.3 Å². The molecule has 100 valence electrons. The van der Waals surface area contributed by atoms with Gasteiger partial charge in [-0.25, -0.2) is 0 Å². The molecule has 1 aromatic rings. The summed E-state index contributed by atoms with van der Waals surface area (Å²) < 4.78 is 0. The second-order valence-electron chi connectivity index (χ2n) is 5.86. The quantitative estimate of drug-likeness (QED) is 0.803. The molecule has 2 heteroatoms. The minimum absolute atomic E-state index is 0.654. The first kappa shape index (κ1) is 13.8. The third-order valence-electron chi connectivity index (χ3n) is 4.27. The summed E-state index contributed by atoms with van der Waals surface area (Å²) in [6.45, 7) is 8.11. The number of thiol groups is 1. The lowest BCUT2D eigenvalue weighted by Gasteiger charge is -2.40. The van der Waals surface area contributed by atoms with Crippen LogP contribution in [0.1, 0.15) is 32.8 Å². The van der Waals surface area contributed by atoms with Crippen molar-refractivity contribution in [2.75, 3.05) is 17.2 Å². The summed E-state index contributed by atoms with van der Waals surface area (Å²) in [7, 11) is 0. The van der Waals surface area contributed by atoms with Crippen LogP contribution in [0.3, 0.4) is 0 Å². The lowest BCUT2D eigenvalue weighted by Crippen LogP contribution is -2.42. The zero-order chi connectivity index (χ0) is 13.1. The molecule has 18 heavy (non-hydrogen) atoms. The number of aryl methyl sites for hydroxylation is 1. The van der Waals surface area contributed by atoms with Crippen LogP contribution < -0.4 is 4.90 Å². The molecule has 2 rings (SSSR count). The molecule has 0 amide bonds. The fourth-order valence-electron chi connectivity index (χ4n) is 2.77. The molecule has 0 fully saturated rings. The van der Waals surface area contributed by atoms with Crippen LogP contribution in [-0.2, 0) is 6.42 Å². The maximum atomic E-state index is 4.53. The second-order valence-corrected chi connectivity index (χ2v) is 6.22. The SMILES string of the molecule is CC(C)C(CS)CN1c2ccccc2CCC1C. The third kappa shape index (κ3) is 2.85. The molecule has 0 saturated heterocycles. The Bertz CT molecular complexity index is 388. The van der Waals surface area contributed by atoms with Gasteiger partial charge in [0.05, 0.1) is 0 Å². The highest BCUT2D eigenvalue weighted by Gasteiger charge is 2.25. The van der Waals surface area contributed by atoms with Crippen molar-refractivity contribution in [3.05, 3.63) is 29.8 Å². The van der Waals surface area contributed by atoms with Gasteiger partial charge in [-0.15, -0.1) is 0 Å². The Labute approximate surface area is 117 Å². The first-order chi connectivity index (χ1) is 8.63. The van der Waals surface area contributed by atoms with Crippen LogP contribution in [0.2, 0.25) is 0 Å². The van der Waals surface area contributed by atoms with Crippen molar-refractivity contribution in [1.82, 2.24) is 0 Å². The van der Waals surface area contributed by atoms with Gasteiger partial charge in [0.1, 0.15) is 0 Å². The minimum Gasteiger partial charge on any atom is -0.368 e. The Morgan fingerprint density at radius 1 is 1.33 bits per heavy atom. The molecule has 1 aromatic carbocycles. The van der Waals surface area contributed by atoms with Gasteiger partial charge in [0, 0.05) is 18.3 Å². The number of rotatable bonds is 4. The number of benzene rings is 1. The van der Waals surface area contributed by atoms with E-state index in [0.717, 1.165) is 12.3 Å². The van der Waals surface area contributed by atoms with E-state index < -0.39 is 0 Å². The lowest BCUT2D eigenvalue weighted by atomic mass is 9.92. The first-order valence-corrected chi connectivity index (χ1v) is 7.72. The maximum absolute atomic E-state index is 4.53. The highest BCUT2D eigenvalue weighted by molar-refractivity contribution is 7.80. The van der Waals surface area contributed by atoms with Gasteiger partial charge in [-0.1, -0.05) is 32.0 Å². The highest BCUT2D eigenvalue weighted by atomic mass is 32.1. The van der Waals surface area contributed by atoms with Gasteiger partial charge in [0.15, 0.2) is 0 Å². The molecule has 1 heterocycles. The van der Waals surface area contributed by atoms with Gasteiger partial charge in [-0.05, 0) is 49.0 Å². The third-order valence-corrected chi connectivity index (χ3v) is 4.74. The van der Waals surface area contributed by atoms with E-state index in [9.17, 15) is 0 Å². The summed E-state index contributed by atoms with van der Waals surface area (Å²) in [6, 6.07) is 9.53. The van der Waals surface area contributed by atoms with Gasteiger partial charge in [0.25, 0.3) is 0 Å². The molecule has 0 aliphatic carbocycles. The van der Waals surface area contributed by atoms with Gasteiger partial charge < -0.3 is 4.90 Å². The fraction of sp³-hybridized carbons (Fsp3) is 0.625. The van der Waals surface area contributed by atoms with Gasteiger partial charge in [-0.3, -0.25) is 0 Å². The number of anilines is 1. The van der Waals surface area contributed by atoms with Crippen molar-refractivity contribution in [2.24, 2.45) is 11.8 Å². The first-order valence-electron chi connectivity index (χ1n) is 7.09. The van der Waals surface area contributed by atoms with E-state index in [2.05, 4.69) is 62.6 Å². The summed E-state index contributed by atoms with van der Waals surface area (Å²) in [5.74, 6) is 2.34. The van der Waals surface area contributed by atoms with Crippen molar-refractivity contribution in [2.45, 2.75) is 39.7 Å². The van der Waals surface area contributed by atoms with Crippen LogP contribution in [0.25, 0.3) is 0 Å². The highest BCUT2D eigenvalue weighted by Crippen LogP contribution is 2.32. The van der Waals surface area contributed by atoms with Crippen molar-refractivity contribution < 1.29 is 0 Å². The van der Waals surface area contributed by atoms with E-state index in [1.165, 1.54) is 24.1 Å². The zero-order valence-corrected chi connectivity index (χ0v) is 12.7. The number of fused-ring (bicyclic) bond motifs is 1. The second kappa shape index (κ2) is 6.01. The van der Waals surface area contributed by atoms with Crippen LogP contribution in [0.15, 0.2) is 24.3 Å². The van der Waals surface area contributed by atoms with E-state index in [1.807, 2.05) is 0 Å². The largest absolute Gasteiger partial charge is 0.368 e. The lowest BCUT2D eigenvalue weighted by molar-refractivity contribution is 0.401.